The maximum Gasteiger partial charge on any atom is 0.410 e. The van der Waals surface area contributed by atoms with E-state index < -0.39 is 11.0 Å². The van der Waals surface area contributed by atoms with Crippen LogP contribution in [-0.4, -0.2) is 29.7 Å². The molecule has 1 amide bonds. The number of carbonyl (C=O) groups excluding carboxylic acids is 1. The number of ether oxygens (including phenoxy) is 1. The number of piperidine rings is 1. The average molecular weight is 335 g/mol. The lowest BCUT2D eigenvalue weighted by Gasteiger charge is -2.38. The maximum absolute atomic E-state index is 12.1. The molecular weight excluding hydrogens is 312 g/mol. The van der Waals surface area contributed by atoms with Gasteiger partial charge in [-0.25, -0.2) is 4.79 Å². The Balaban J connectivity index is 2.00. The number of carbonyl (C=O) groups is 1. The van der Waals surface area contributed by atoms with Gasteiger partial charge >= 0.3 is 6.09 Å². The summed E-state index contributed by atoms with van der Waals surface area (Å²) in [7, 11) is 0. The molecule has 0 aliphatic carbocycles. The molecule has 1 fully saturated rings. The van der Waals surface area contributed by atoms with Crippen molar-refractivity contribution in [2.75, 3.05) is 13.1 Å². The summed E-state index contributed by atoms with van der Waals surface area (Å²) in [4.78, 5) is 13.8. The maximum atomic E-state index is 12.1. The van der Waals surface area contributed by atoms with Crippen LogP contribution in [0.5, 0.6) is 0 Å². The molecule has 0 N–H and O–H groups in total. The predicted octanol–water partition coefficient (Wildman–Crippen LogP) is 4.42. The number of benzene rings is 1. The van der Waals surface area contributed by atoms with Crippen molar-refractivity contribution in [2.24, 2.45) is 5.41 Å². The number of likely N-dealkylation sites (tertiary alicyclic amines) is 1. The number of hydrogen-bond donors (Lipinski definition) is 0. The van der Waals surface area contributed by atoms with E-state index in [1.54, 1.807) is 4.90 Å². The van der Waals surface area contributed by atoms with E-state index in [0.717, 1.165) is 5.56 Å². The van der Waals surface area contributed by atoms with E-state index in [4.69, 9.17) is 16.3 Å². The number of nitriles is 1. The van der Waals surface area contributed by atoms with Crippen LogP contribution in [0.4, 0.5) is 4.79 Å². The Labute approximate surface area is 143 Å². The van der Waals surface area contributed by atoms with Crippen LogP contribution in [0.15, 0.2) is 24.3 Å². The van der Waals surface area contributed by atoms with E-state index >= 15 is 0 Å². The first-order chi connectivity index (χ1) is 10.7. The SMILES string of the molecule is CC(C)(C)OC(=O)N1CCC(C#N)(Cc2cccc(Cl)c2)CC1. The third-order valence-corrected chi connectivity index (χ3v) is 4.28. The summed E-state index contributed by atoms with van der Waals surface area (Å²) >= 11 is 6.03. The predicted molar refractivity (Wildman–Crippen MR) is 90.2 cm³/mol. The summed E-state index contributed by atoms with van der Waals surface area (Å²) in [5, 5.41) is 10.3. The number of hydrogen-bond acceptors (Lipinski definition) is 3. The minimum atomic E-state index is -0.498. The topological polar surface area (TPSA) is 53.3 Å². The zero-order chi connectivity index (χ0) is 17.1. The molecule has 1 heterocycles. The highest BCUT2D eigenvalue weighted by atomic mass is 35.5. The van der Waals surface area contributed by atoms with E-state index in [1.807, 2.05) is 45.0 Å². The van der Waals surface area contributed by atoms with Crippen molar-refractivity contribution in [3.63, 3.8) is 0 Å². The van der Waals surface area contributed by atoms with Crippen molar-refractivity contribution in [1.29, 1.82) is 5.26 Å². The smallest absolute Gasteiger partial charge is 0.410 e. The largest absolute Gasteiger partial charge is 0.444 e. The van der Waals surface area contributed by atoms with Crippen molar-refractivity contribution in [3.05, 3.63) is 34.9 Å². The Hall–Kier alpha value is -1.73. The monoisotopic (exact) mass is 334 g/mol. The van der Waals surface area contributed by atoms with E-state index in [9.17, 15) is 10.1 Å². The van der Waals surface area contributed by atoms with Gasteiger partial charge in [0.1, 0.15) is 5.60 Å². The van der Waals surface area contributed by atoms with Crippen LogP contribution in [0.1, 0.15) is 39.2 Å². The van der Waals surface area contributed by atoms with Gasteiger partial charge in [-0.3, -0.25) is 0 Å². The van der Waals surface area contributed by atoms with Crippen LogP contribution in [0.3, 0.4) is 0 Å². The van der Waals surface area contributed by atoms with Crippen LogP contribution in [0.25, 0.3) is 0 Å². The fourth-order valence-electron chi connectivity index (χ4n) is 2.81. The fourth-order valence-corrected chi connectivity index (χ4v) is 3.02. The van der Waals surface area contributed by atoms with Crippen LogP contribution in [-0.2, 0) is 11.2 Å². The molecule has 1 aliphatic heterocycles. The van der Waals surface area contributed by atoms with Gasteiger partial charge in [-0.1, -0.05) is 23.7 Å². The first-order valence-electron chi connectivity index (χ1n) is 7.87. The average Bonchev–Trinajstić information content (AvgIpc) is 2.46. The molecule has 1 aromatic carbocycles. The van der Waals surface area contributed by atoms with Crippen LogP contribution < -0.4 is 0 Å². The number of nitrogens with zero attached hydrogens (tertiary/aromatic N) is 2. The minimum Gasteiger partial charge on any atom is -0.444 e. The van der Waals surface area contributed by atoms with Gasteiger partial charge in [0.05, 0.1) is 11.5 Å². The first kappa shape index (κ1) is 17.6. The molecule has 5 heteroatoms. The lowest BCUT2D eigenvalue weighted by Crippen LogP contribution is -2.45. The Morgan fingerprint density at radius 3 is 2.57 bits per heavy atom. The van der Waals surface area contributed by atoms with Gasteiger partial charge in [-0.2, -0.15) is 5.26 Å². The van der Waals surface area contributed by atoms with Gasteiger partial charge in [0.25, 0.3) is 0 Å². The van der Waals surface area contributed by atoms with Crippen molar-refractivity contribution < 1.29 is 9.53 Å². The summed E-state index contributed by atoms with van der Waals surface area (Å²) in [5.41, 5.74) is 0.120. The van der Waals surface area contributed by atoms with Crippen molar-refractivity contribution in [3.8, 4) is 6.07 Å². The molecule has 124 valence electrons. The van der Waals surface area contributed by atoms with Crippen LogP contribution in [0, 0.1) is 16.7 Å². The lowest BCUT2D eigenvalue weighted by atomic mass is 9.75. The van der Waals surface area contributed by atoms with Crippen LogP contribution >= 0.6 is 11.6 Å². The molecule has 4 nitrogen and oxygen atoms in total. The normalized spacial score (nSPS) is 17.4. The van der Waals surface area contributed by atoms with Crippen molar-refractivity contribution in [1.82, 2.24) is 4.90 Å². The van der Waals surface area contributed by atoms with Gasteiger partial charge in [0, 0.05) is 18.1 Å². The highest BCUT2D eigenvalue weighted by Gasteiger charge is 2.37. The Bertz CT molecular complexity index is 608. The Morgan fingerprint density at radius 2 is 2.04 bits per heavy atom. The molecular formula is C18H23ClN2O2. The van der Waals surface area contributed by atoms with E-state index in [0.29, 0.717) is 37.4 Å². The summed E-state index contributed by atoms with van der Waals surface area (Å²) in [6, 6.07) is 10.1. The van der Waals surface area contributed by atoms with E-state index in [-0.39, 0.29) is 6.09 Å². The van der Waals surface area contributed by atoms with Crippen molar-refractivity contribution >= 4 is 17.7 Å². The zero-order valence-electron chi connectivity index (χ0n) is 13.9. The summed E-state index contributed by atoms with van der Waals surface area (Å²) in [6.45, 7) is 6.65. The first-order valence-corrected chi connectivity index (χ1v) is 8.24. The number of halogens is 1. The molecule has 0 aromatic heterocycles. The highest BCUT2D eigenvalue weighted by molar-refractivity contribution is 6.30. The summed E-state index contributed by atoms with van der Waals surface area (Å²) in [5.74, 6) is 0. The molecule has 0 saturated carbocycles. The second-order valence-electron chi connectivity index (χ2n) is 7.17. The van der Waals surface area contributed by atoms with Gasteiger partial charge in [-0.05, 0) is 57.7 Å². The second-order valence-corrected chi connectivity index (χ2v) is 7.60. The van der Waals surface area contributed by atoms with E-state index in [1.165, 1.54) is 0 Å². The van der Waals surface area contributed by atoms with Gasteiger partial charge < -0.3 is 9.64 Å². The molecule has 0 spiro atoms. The third kappa shape index (κ3) is 4.87. The second kappa shape index (κ2) is 6.80. The number of rotatable bonds is 2. The molecule has 2 rings (SSSR count). The van der Waals surface area contributed by atoms with Gasteiger partial charge in [0.15, 0.2) is 0 Å². The standard InChI is InChI=1S/C18H23ClN2O2/c1-17(2,3)23-16(22)21-9-7-18(13-20,8-10-21)12-14-5-4-6-15(19)11-14/h4-6,11H,7-10,12H2,1-3H3. The van der Waals surface area contributed by atoms with Gasteiger partial charge in [-0.15, -0.1) is 0 Å². The molecule has 0 radical (unpaired) electrons. The molecule has 1 saturated heterocycles. The highest BCUT2D eigenvalue weighted by Crippen LogP contribution is 2.35. The minimum absolute atomic E-state index is 0.299. The van der Waals surface area contributed by atoms with Crippen LogP contribution in [0.2, 0.25) is 5.02 Å². The summed E-state index contributed by atoms with van der Waals surface area (Å²) in [6.07, 6.45) is 1.66. The summed E-state index contributed by atoms with van der Waals surface area (Å²) < 4.78 is 5.40. The van der Waals surface area contributed by atoms with Gasteiger partial charge in [0.2, 0.25) is 0 Å². The molecule has 23 heavy (non-hydrogen) atoms. The third-order valence-electron chi connectivity index (χ3n) is 4.04. The lowest BCUT2D eigenvalue weighted by molar-refractivity contribution is 0.0148. The van der Waals surface area contributed by atoms with E-state index in [2.05, 4.69) is 6.07 Å². The molecule has 0 atom stereocenters. The molecule has 1 aromatic rings. The quantitative estimate of drug-likeness (QED) is 0.804. The Morgan fingerprint density at radius 1 is 1.39 bits per heavy atom. The van der Waals surface area contributed by atoms with Crippen molar-refractivity contribution in [2.45, 2.75) is 45.6 Å². The molecule has 0 bridgehead atoms. The molecule has 0 unspecified atom stereocenters. The molecule has 1 aliphatic rings. The fraction of sp³-hybridized carbons (Fsp3) is 0.556. The Kier molecular flexibility index (Phi) is 5.21. The number of amides is 1. The zero-order valence-corrected chi connectivity index (χ0v) is 14.7.